The predicted molar refractivity (Wildman–Crippen MR) is 108 cm³/mol. The van der Waals surface area contributed by atoms with Crippen molar-refractivity contribution >= 4 is 42.8 Å². The van der Waals surface area contributed by atoms with Crippen LogP contribution in [0.2, 0.25) is 0 Å². The van der Waals surface area contributed by atoms with Crippen molar-refractivity contribution in [3.63, 3.8) is 0 Å². The van der Waals surface area contributed by atoms with Crippen LogP contribution in [0.4, 0.5) is 0 Å². The highest BCUT2D eigenvalue weighted by molar-refractivity contribution is 9.10. The van der Waals surface area contributed by atoms with Gasteiger partial charge in [0.05, 0.1) is 16.6 Å². The zero-order chi connectivity index (χ0) is 17.4. The molecule has 0 amide bonds. The monoisotopic (exact) mass is 454 g/mol. The Balaban J connectivity index is 2.09. The minimum Gasteiger partial charge on any atom is -0.268 e. The third-order valence-corrected chi connectivity index (χ3v) is 5.02. The molecule has 122 valence electrons. The summed E-state index contributed by atoms with van der Waals surface area (Å²) in [6.07, 6.45) is 0. The Morgan fingerprint density at radius 3 is 2.04 bits per heavy atom. The van der Waals surface area contributed by atoms with E-state index in [2.05, 4.69) is 31.9 Å². The fourth-order valence-corrected chi connectivity index (χ4v) is 3.28. The van der Waals surface area contributed by atoms with Crippen LogP contribution < -0.4 is 5.56 Å². The number of rotatable bonds is 2. The van der Waals surface area contributed by atoms with Crippen molar-refractivity contribution in [1.29, 1.82) is 0 Å². The number of halogens is 2. The summed E-state index contributed by atoms with van der Waals surface area (Å²) in [6, 6.07) is 22.9. The van der Waals surface area contributed by atoms with Crippen LogP contribution in [0.3, 0.4) is 0 Å². The summed E-state index contributed by atoms with van der Waals surface area (Å²) in [5, 5.41) is 0.603. The smallest absolute Gasteiger partial charge is 0.266 e. The van der Waals surface area contributed by atoms with Crippen molar-refractivity contribution in [1.82, 2.24) is 9.55 Å². The molecule has 0 atom stereocenters. The van der Waals surface area contributed by atoms with Gasteiger partial charge in [-0.1, -0.05) is 56.1 Å². The second kappa shape index (κ2) is 6.58. The van der Waals surface area contributed by atoms with E-state index in [0.717, 1.165) is 20.2 Å². The van der Waals surface area contributed by atoms with Crippen molar-refractivity contribution in [3.05, 3.63) is 92.1 Å². The number of fused-ring (bicyclic) bond motifs is 1. The SMILES string of the molecule is O=c1c2ccccc2nc(-c2ccc(Br)cc2)n1-c1ccc(Br)cc1. The van der Waals surface area contributed by atoms with E-state index in [1.165, 1.54) is 0 Å². The van der Waals surface area contributed by atoms with Gasteiger partial charge in [-0.3, -0.25) is 9.36 Å². The number of aromatic nitrogens is 2. The van der Waals surface area contributed by atoms with Gasteiger partial charge in [-0.2, -0.15) is 0 Å². The first kappa shape index (κ1) is 16.2. The molecule has 4 aromatic rings. The molecule has 4 rings (SSSR count). The maximum atomic E-state index is 13.2. The molecular weight excluding hydrogens is 444 g/mol. The second-order valence-corrected chi connectivity index (χ2v) is 7.41. The van der Waals surface area contributed by atoms with Crippen LogP contribution >= 0.6 is 31.9 Å². The van der Waals surface area contributed by atoms with Crippen LogP contribution in [0.5, 0.6) is 0 Å². The van der Waals surface area contributed by atoms with Crippen LogP contribution in [0.15, 0.2) is 86.5 Å². The maximum Gasteiger partial charge on any atom is 0.266 e. The fraction of sp³-hybridized carbons (Fsp3) is 0. The molecule has 0 aliphatic rings. The molecule has 0 aliphatic heterocycles. The summed E-state index contributed by atoms with van der Waals surface area (Å²) in [5.41, 5.74) is 2.28. The Labute approximate surface area is 161 Å². The van der Waals surface area contributed by atoms with Crippen LogP contribution in [-0.4, -0.2) is 9.55 Å². The maximum absolute atomic E-state index is 13.2. The van der Waals surface area contributed by atoms with Gasteiger partial charge in [0, 0.05) is 14.5 Å². The summed E-state index contributed by atoms with van der Waals surface area (Å²) >= 11 is 6.89. The zero-order valence-corrected chi connectivity index (χ0v) is 16.2. The summed E-state index contributed by atoms with van der Waals surface area (Å²) in [4.78, 5) is 17.9. The number of para-hydroxylation sites is 1. The number of nitrogens with zero attached hydrogens (tertiary/aromatic N) is 2. The van der Waals surface area contributed by atoms with Gasteiger partial charge in [-0.25, -0.2) is 4.98 Å². The largest absolute Gasteiger partial charge is 0.268 e. The molecule has 0 N–H and O–H groups in total. The van der Waals surface area contributed by atoms with E-state index in [0.29, 0.717) is 16.7 Å². The lowest BCUT2D eigenvalue weighted by molar-refractivity contribution is 0.975. The van der Waals surface area contributed by atoms with Crippen molar-refractivity contribution < 1.29 is 0 Å². The average Bonchev–Trinajstić information content (AvgIpc) is 2.63. The molecule has 0 aliphatic carbocycles. The van der Waals surface area contributed by atoms with Crippen LogP contribution in [0.25, 0.3) is 28.0 Å². The van der Waals surface area contributed by atoms with Crippen molar-refractivity contribution in [3.8, 4) is 17.1 Å². The van der Waals surface area contributed by atoms with Gasteiger partial charge in [0.2, 0.25) is 0 Å². The van der Waals surface area contributed by atoms with Crippen LogP contribution in [-0.2, 0) is 0 Å². The summed E-state index contributed by atoms with van der Waals surface area (Å²) in [5.74, 6) is 0.624. The standard InChI is InChI=1S/C20H12Br2N2O/c21-14-7-5-13(6-8-14)19-23-18-4-2-1-3-17(18)20(25)24(19)16-11-9-15(22)10-12-16/h1-12H. The zero-order valence-electron chi connectivity index (χ0n) is 13.0. The van der Waals surface area contributed by atoms with E-state index in [-0.39, 0.29) is 5.56 Å². The first-order chi connectivity index (χ1) is 12.1. The van der Waals surface area contributed by atoms with Crippen LogP contribution in [0, 0.1) is 0 Å². The molecule has 1 aromatic heterocycles. The molecule has 25 heavy (non-hydrogen) atoms. The first-order valence-corrected chi connectivity index (χ1v) is 9.26. The van der Waals surface area contributed by atoms with E-state index in [1.807, 2.05) is 72.8 Å². The van der Waals surface area contributed by atoms with Gasteiger partial charge in [-0.05, 0) is 48.5 Å². The normalized spacial score (nSPS) is 11.0. The summed E-state index contributed by atoms with van der Waals surface area (Å²) in [6.45, 7) is 0. The number of hydrogen-bond donors (Lipinski definition) is 0. The van der Waals surface area contributed by atoms with Crippen molar-refractivity contribution in [2.24, 2.45) is 0 Å². The van der Waals surface area contributed by atoms with Gasteiger partial charge in [0.25, 0.3) is 5.56 Å². The first-order valence-electron chi connectivity index (χ1n) is 7.67. The molecule has 3 aromatic carbocycles. The lowest BCUT2D eigenvalue weighted by atomic mass is 10.1. The van der Waals surface area contributed by atoms with Gasteiger partial charge >= 0.3 is 0 Å². The molecule has 3 nitrogen and oxygen atoms in total. The Hall–Kier alpha value is -2.24. The topological polar surface area (TPSA) is 34.9 Å². The fourth-order valence-electron chi connectivity index (χ4n) is 2.76. The minimum absolute atomic E-state index is 0.0779. The Morgan fingerprint density at radius 2 is 1.36 bits per heavy atom. The van der Waals surface area contributed by atoms with E-state index >= 15 is 0 Å². The molecule has 0 bridgehead atoms. The van der Waals surface area contributed by atoms with E-state index in [4.69, 9.17) is 4.98 Å². The van der Waals surface area contributed by atoms with Gasteiger partial charge in [0.15, 0.2) is 0 Å². The third-order valence-electron chi connectivity index (χ3n) is 3.96. The van der Waals surface area contributed by atoms with Gasteiger partial charge in [0.1, 0.15) is 5.82 Å². The third kappa shape index (κ3) is 3.05. The van der Waals surface area contributed by atoms with E-state index in [1.54, 1.807) is 4.57 Å². The second-order valence-electron chi connectivity index (χ2n) is 5.58. The molecule has 5 heteroatoms. The van der Waals surface area contributed by atoms with Gasteiger partial charge in [-0.15, -0.1) is 0 Å². The highest BCUT2D eigenvalue weighted by Crippen LogP contribution is 2.24. The highest BCUT2D eigenvalue weighted by atomic mass is 79.9. The highest BCUT2D eigenvalue weighted by Gasteiger charge is 2.14. The lowest BCUT2D eigenvalue weighted by Crippen LogP contribution is -2.21. The van der Waals surface area contributed by atoms with Crippen molar-refractivity contribution in [2.45, 2.75) is 0 Å². The molecule has 0 saturated carbocycles. The number of benzene rings is 3. The summed E-state index contributed by atoms with van der Waals surface area (Å²) < 4.78 is 3.61. The Morgan fingerprint density at radius 1 is 0.760 bits per heavy atom. The van der Waals surface area contributed by atoms with Crippen LogP contribution in [0.1, 0.15) is 0 Å². The average molecular weight is 456 g/mol. The predicted octanol–water partition coefficient (Wildman–Crippen LogP) is 5.58. The lowest BCUT2D eigenvalue weighted by Gasteiger charge is -2.14. The Kier molecular flexibility index (Phi) is 4.27. The molecule has 0 spiro atoms. The molecule has 0 fully saturated rings. The minimum atomic E-state index is -0.0779. The quantitative estimate of drug-likeness (QED) is 0.395. The molecule has 0 unspecified atom stereocenters. The molecule has 0 radical (unpaired) electrons. The summed E-state index contributed by atoms with van der Waals surface area (Å²) in [7, 11) is 0. The molecular formula is C20H12Br2N2O. The molecule has 1 heterocycles. The van der Waals surface area contributed by atoms with Crippen molar-refractivity contribution in [2.75, 3.05) is 0 Å². The number of hydrogen-bond acceptors (Lipinski definition) is 2. The Bertz CT molecular complexity index is 1120. The molecule has 0 saturated heterocycles. The van der Waals surface area contributed by atoms with E-state index < -0.39 is 0 Å². The van der Waals surface area contributed by atoms with E-state index in [9.17, 15) is 4.79 Å². The van der Waals surface area contributed by atoms with Gasteiger partial charge < -0.3 is 0 Å².